The molecule has 6 nitrogen and oxygen atoms in total. The quantitative estimate of drug-likeness (QED) is 0.885. The van der Waals surface area contributed by atoms with Gasteiger partial charge in [-0.05, 0) is 20.3 Å². The van der Waals surface area contributed by atoms with E-state index in [1.165, 1.54) is 0 Å². The maximum absolute atomic E-state index is 13.2. The summed E-state index contributed by atoms with van der Waals surface area (Å²) in [4.78, 5) is 16.0. The third kappa shape index (κ3) is 4.17. The smallest absolute Gasteiger partial charge is 0.250 e. The second-order valence-corrected chi connectivity index (χ2v) is 7.40. The average Bonchev–Trinajstić information content (AvgIpc) is 3.07. The van der Waals surface area contributed by atoms with Gasteiger partial charge in [-0.25, -0.2) is 8.78 Å². The van der Waals surface area contributed by atoms with Gasteiger partial charge in [0.15, 0.2) is 0 Å². The number of nitrogens with zero attached hydrogens (tertiary/aromatic N) is 3. The van der Waals surface area contributed by atoms with E-state index >= 15 is 0 Å². The van der Waals surface area contributed by atoms with E-state index in [0.29, 0.717) is 31.0 Å². The van der Waals surface area contributed by atoms with Gasteiger partial charge in [-0.1, -0.05) is 5.16 Å². The number of hydrogen-bond donors (Lipinski definition) is 1. The van der Waals surface area contributed by atoms with Crippen LogP contribution in [-0.4, -0.2) is 70.2 Å². The van der Waals surface area contributed by atoms with E-state index in [-0.39, 0.29) is 44.8 Å². The lowest BCUT2D eigenvalue weighted by molar-refractivity contribution is -0.130. The van der Waals surface area contributed by atoms with Crippen molar-refractivity contribution in [2.24, 2.45) is 0 Å². The number of β-amino-alcohol motifs (C(OH)–C–C–N with tert-alkyl or cyclic N) is 1. The van der Waals surface area contributed by atoms with E-state index in [1.54, 1.807) is 18.7 Å². The van der Waals surface area contributed by atoms with Gasteiger partial charge in [-0.15, -0.1) is 0 Å². The van der Waals surface area contributed by atoms with Gasteiger partial charge >= 0.3 is 0 Å². The highest BCUT2D eigenvalue weighted by Gasteiger charge is 2.42. The maximum Gasteiger partial charge on any atom is 0.250 e. The number of hydrogen-bond acceptors (Lipinski definition) is 5. The molecule has 140 valence electrons. The van der Waals surface area contributed by atoms with Gasteiger partial charge in [-0.2, -0.15) is 0 Å². The number of aliphatic hydroxyl groups is 1. The van der Waals surface area contributed by atoms with Crippen LogP contribution in [0.5, 0.6) is 0 Å². The number of alkyl halides is 2. The predicted molar refractivity (Wildman–Crippen MR) is 86.4 cm³/mol. The van der Waals surface area contributed by atoms with Crippen LogP contribution in [0.4, 0.5) is 8.78 Å². The molecule has 2 aliphatic heterocycles. The minimum atomic E-state index is -2.59. The van der Waals surface area contributed by atoms with Crippen molar-refractivity contribution in [2.45, 2.75) is 51.1 Å². The molecule has 25 heavy (non-hydrogen) atoms. The van der Waals surface area contributed by atoms with Crippen LogP contribution in [0.15, 0.2) is 4.52 Å². The first-order valence-electron chi connectivity index (χ1n) is 8.70. The summed E-state index contributed by atoms with van der Waals surface area (Å²) in [6.07, 6.45) is 0.329. The molecule has 2 aliphatic rings. The van der Waals surface area contributed by atoms with Gasteiger partial charge in [0.25, 0.3) is 5.92 Å². The van der Waals surface area contributed by atoms with E-state index in [1.807, 2.05) is 4.90 Å². The fourth-order valence-corrected chi connectivity index (χ4v) is 3.67. The first-order valence-corrected chi connectivity index (χ1v) is 8.70. The molecule has 3 heterocycles. The molecule has 0 radical (unpaired) electrons. The first kappa shape index (κ1) is 18.3. The molecule has 1 amide bonds. The molecule has 0 aromatic carbocycles. The van der Waals surface area contributed by atoms with Crippen LogP contribution < -0.4 is 0 Å². The van der Waals surface area contributed by atoms with E-state index in [0.717, 1.165) is 5.56 Å². The van der Waals surface area contributed by atoms with Crippen LogP contribution in [0.2, 0.25) is 0 Å². The molecular weight excluding hydrogens is 332 g/mol. The number of likely N-dealkylation sites (tertiary alicyclic amines) is 2. The molecule has 1 aromatic heterocycles. The Kier molecular flexibility index (Phi) is 4.85. The number of halogens is 2. The van der Waals surface area contributed by atoms with Crippen LogP contribution in [0.1, 0.15) is 36.3 Å². The Morgan fingerprint density at radius 2 is 1.92 bits per heavy atom. The van der Waals surface area contributed by atoms with Crippen LogP contribution in [0, 0.1) is 13.8 Å². The second-order valence-electron chi connectivity index (χ2n) is 7.40. The van der Waals surface area contributed by atoms with Crippen molar-refractivity contribution in [3.8, 4) is 0 Å². The molecule has 1 atom stereocenters. The van der Waals surface area contributed by atoms with E-state index in [4.69, 9.17) is 4.52 Å². The zero-order chi connectivity index (χ0) is 18.2. The number of carbonyl (C=O) groups is 1. The van der Waals surface area contributed by atoms with Gasteiger partial charge < -0.3 is 14.5 Å². The summed E-state index contributed by atoms with van der Waals surface area (Å²) >= 11 is 0. The number of carbonyl (C=O) groups excluding carboxylic acids is 1. The molecule has 0 aliphatic carbocycles. The van der Waals surface area contributed by atoms with Gasteiger partial charge in [0.1, 0.15) is 5.76 Å². The Bertz CT molecular complexity index is 620. The Balaban J connectivity index is 1.54. The monoisotopic (exact) mass is 357 g/mol. The standard InChI is InChI=1S/C17H25F2N3O3/c1-12-14(13(2)25-20-12)9-15(23)22-8-3-16(24,11-22)10-21-6-4-17(18,19)5-7-21/h24H,3-11H2,1-2H3/t16-/m1/s1. The molecule has 8 heteroatoms. The highest BCUT2D eigenvalue weighted by atomic mass is 19.3. The summed E-state index contributed by atoms with van der Waals surface area (Å²) in [7, 11) is 0. The van der Waals surface area contributed by atoms with Crippen molar-refractivity contribution in [3.05, 3.63) is 17.0 Å². The van der Waals surface area contributed by atoms with Crippen LogP contribution >= 0.6 is 0 Å². The van der Waals surface area contributed by atoms with Crippen LogP contribution in [0.25, 0.3) is 0 Å². The van der Waals surface area contributed by atoms with Crippen molar-refractivity contribution < 1.29 is 23.2 Å². The zero-order valence-corrected chi connectivity index (χ0v) is 14.7. The number of aromatic nitrogens is 1. The van der Waals surface area contributed by atoms with Gasteiger partial charge in [0, 0.05) is 44.6 Å². The van der Waals surface area contributed by atoms with Crippen molar-refractivity contribution in [1.82, 2.24) is 15.0 Å². The molecule has 0 spiro atoms. The van der Waals surface area contributed by atoms with E-state index in [2.05, 4.69) is 5.16 Å². The summed E-state index contributed by atoms with van der Waals surface area (Å²) in [6, 6.07) is 0. The average molecular weight is 357 g/mol. The lowest BCUT2D eigenvalue weighted by Crippen LogP contribution is -2.49. The number of rotatable bonds is 4. The topological polar surface area (TPSA) is 69.8 Å². The summed E-state index contributed by atoms with van der Waals surface area (Å²) in [6.45, 7) is 5.17. The Morgan fingerprint density at radius 1 is 1.24 bits per heavy atom. The highest BCUT2D eigenvalue weighted by Crippen LogP contribution is 2.30. The largest absolute Gasteiger partial charge is 0.387 e. The molecule has 2 saturated heterocycles. The molecule has 1 aromatic rings. The van der Waals surface area contributed by atoms with Crippen LogP contribution in [-0.2, 0) is 11.2 Å². The zero-order valence-electron chi connectivity index (χ0n) is 14.7. The molecule has 2 fully saturated rings. The van der Waals surface area contributed by atoms with Crippen molar-refractivity contribution >= 4 is 5.91 Å². The summed E-state index contributed by atoms with van der Waals surface area (Å²) in [5.74, 6) is -2.03. The molecule has 1 N–H and O–H groups in total. The lowest BCUT2D eigenvalue weighted by Gasteiger charge is -2.36. The fourth-order valence-electron chi connectivity index (χ4n) is 3.67. The van der Waals surface area contributed by atoms with Crippen molar-refractivity contribution in [2.75, 3.05) is 32.7 Å². The van der Waals surface area contributed by atoms with Gasteiger partial charge in [-0.3, -0.25) is 9.69 Å². The van der Waals surface area contributed by atoms with Crippen molar-refractivity contribution in [1.29, 1.82) is 0 Å². The normalized spacial score (nSPS) is 27.0. The minimum Gasteiger partial charge on any atom is -0.387 e. The summed E-state index contributed by atoms with van der Waals surface area (Å²) in [5, 5.41) is 14.6. The Labute approximate surface area is 145 Å². The fraction of sp³-hybridized carbons (Fsp3) is 0.765. The molecule has 3 rings (SSSR count). The number of aryl methyl sites for hydroxylation is 2. The Morgan fingerprint density at radius 3 is 2.52 bits per heavy atom. The van der Waals surface area contributed by atoms with E-state index in [9.17, 15) is 18.7 Å². The van der Waals surface area contributed by atoms with Crippen LogP contribution in [0.3, 0.4) is 0 Å². The molecule has 0 saturated carbocycles. The minimum absolute atomic E-state index is 0.0736. The Hall–Kier alpha value is -1.54. The molecule has 0 unspecified atom stereocenters. The summed E-state index contributed by atoms with van der Waals surface area (Å²) < 4.78 is 31.6. The second kappa shape index (κ2) is 6.64. The van der Waals surface area contributed by atoms with Crippen molar-refractivity contribution in [3.63, 3.8) is 0 Å². The van der Waals surface area contributed by atoms with Gasteiger partial charge in [0.2, 0.25) is 5.91 Å². The predicted octanol–water partition coefficient (Wildman–Crippen LogP) is 1.53. The van der Waals surface area contributed by atoms with E-state index < -0.39 is 11.5 Å². The highest BCUT2D eigenvalue weighted by molar-refractivity contribution is 5.79. The first-order chi connectivity index (χ1) is 11.7. The lowest BCUT2D eigenvalue weighted by atomic mass is 10.00. The van der Waals surface area contributed by atoms with Gasteiger partial charge in [0.05, 0.1) is 24.3 Å². The third-order valence-electron chi connectivity index (χ3n) is 5.30. The summed E-state index contributed by atoms with van der Waals surface area (Å²) in [5.41, 5.74) is 0.467. The number of piperidine rings is 1. The SMILES string of the molecule is Cc1noc(C)c1CC(=O)N1CC[C@@](O)(CN2CCC(F)(F)CC2)C1. The maximum atomic E-state index is 13.2. The number of amides is 1. The molecule has 0 bridgehead atoms. The molecular formula is C17H25F2N3O3. The third-order valence-corrected chi connectivity index (χ3v) is 5.30.